The number of unbranched alkanes of at least 4 members (excludes halogenated alkanes) is 2. The Morgan fingerprint density at radius 3 is 2.49 bits per heavy atom. The maximum atomic E-state index is 13.8. The minimum atomic E-state index is -1.43. The van der Waals surface area contributed by atoms with E-state index in [-0.39, 0.29) is 18.2 Å². The van der Waals surface area contributed by atoms with E-state index < -0.39 is 36.0 Å². The minimum Gasteiger partial charge on any atom is -0.598 e. The zero-order valence-electron chi connectivity index (χ0n) is 27.2. The molecule has 1 aromatic carbocycles. The molecular weight excluding hydrogens is 614 g/mol. The summed E-state index contributed by atoms with van der Waals surface area (Å²) in [6.07, 6.45) is 6.64. The summed E-state index contributed by atoms with van der Waals surface area (Å²) >= 11 is -1.43. The van der Waals surface area contributed by atoms with Gasteiger partial charge in [0.25, 0.3) is 5.89 Å². The number of oxazole rings is 1. The zero-order valence-corrected chi connectivity index (χ0v) is 29.0. The second-order valence-electron chi connectivity index (χ2n) is 13.5. The van der Waals surface area contributed by atoms with Crippen LogP contribution in [0.25, 0.3) is 11.4 Å². The second kappa shape index (κ2) is 15.3. The first-order valence-corrected chi connectivity index (χ1v) is 20.4. The molecular formula is C32H46FN5O5SSi. The number of rotatable bonds is 16. The number of hydrogen-bond acceptors (Lipinski definition) is 9. The molecule has 0 saturated carbocycles. The molecule has 1 aliphatic heterocycles. The molecule has 3 aromatic rings. The third-order valence-electron chi connectivity index (χ3n) is 7.58. The van der Waals surface area contributed by atoms with Crippen molar-refractivity contribution >= 4 is 19.4 Å². The van der Waals surface area contributed by atoms with Gasteiger partial charge in [-0.3, -0.25) is 0 Å². The van der Waals surface area contributed by atoms with E-state index in [1.807, 2.05) is 25.3 Å². The quantitative estimate of drug-likeness (QED) is 0.100. The van der Waals surface area contributed by atoms with Crippen molar-refractivity contribution in [3.63, 3.8) is 0 Å². The third-order valence-corrected chi connectivity index (χ3v) is 10.9. The predicted octanol–water partition coefficient (Wildman–Crippen LogP) is 6.80. The van der Waals surface area contributed by atoms with Gasteiger partial charge in [-0.25, -0.2) is 14.4 Å². The number of nitriles is 1. The molecule has 0 bridgehead atoms. The van der Waals surface area contributed by atoms with Crippen molar-refractivity contribution in [2.75, 3.05) is 19.8 Å². The summed E-state index contributed by atoms with van der Waals surface area (Å²) < 4.78 is 55.5. The number of hydrogen-bond donors (Lipinski definition) is 1. The molecule has 3 heterocycles. The molecule has 0 radical (unpaired) electrons. The largest absolute Gasteiger partial charge is 0.598 e. The number of aromatic nitrogens is 3. The fraction of sp³-hybridized carbons (Fsp3) is 0.594. The Labute approximate surface area is 270 Å². The maximum Gasteiger partial charge on any atom is 0.255 e. The summed E-state index contributed by atoms with van der Waals surface area (Å²) in [5, 5.41) is 10.3. The Morgan fingerprint density at radius 2 is 1.89 bits per heavy atom. The van der Waals surface area contributed by atoms with Crippen molar-refractivity contribution < 1.29 is 27.6 Å². The van der Waals surface area contributed by atoms with E-state index in [4.69, 9.17) is 23.6 Å². The van der Waals surface area contributed by atoms with Crippen LogP contribution in [0.15, 0.2) is 41.1 Å². The summed E-state index contributed by atoms with van der Waals surface area (Å²) in [5.74, 6) is -0.405. The summed E-state index contributed by atoms with van der Waals surface area (Å²) in [6, 6.07) is 8.82. The number of imidazole rings is 1. The highest BCUT2D eigenvalue weighted by molar-refractivity contribution is 7.90. The number of halogens is 1. The van der Waals surface area contributed by atoms with E-state index in [9.17, 15) is 14.2 Å². The monoisotopic (exact) mass is 659 g/mol. The molecule has 1 unspecified atom stereocenters. The van der Waals surface area contributed by atoms with E-state index in [2.05, 4.69) is 35.4 Å². The van der Waals surface area contributed by atoms with Crippen LogP contribution in [0.3, 0.4) is 0 Å². The molecule has 0 spiro atoms. The van der Waals surface area contributed by atoms with Crippen LogP contribution in [-0.2, 0) is 38.1 Å². The molecule has 2 atom stereocenters. The molecule has 0 amide bonds. The minimum absolute atomic E-state index is 0.162. The SMILES string of the molecule is CC(C)(C)[S+]([O-])N[C@@H](CCCCCC1(c2ncco2)OCCO1)c1c(C#N)nc(-c2ccc(F)cc2)n1COCC[Si](C)(C)C. The standard InChI is InChI=1S/C32H46FN5O5SSi/c1-31(2,3)44(39)37-26(10-8-7-9-15-32(42-18-19-43-32)30-35-16-17-41-30)28-27(22-34)36-29(24-11-13-25(33)14-12-24)38(28)23-40-20-21-45(4,5)6/h11-14,16-17,26,37H,7-10,15,18-21,23H2,1-6H3/t26-,44?/m0/s1. The van der Waals surface area contributed by atoms with Crippen LogP contribution in [0.4, 0.5) is 4.39 Å². The average Bonchev–Trinajstić information content (AvgIpc) is 3.75. The molecule has 10 nitrogen and oxygen atoms in total. The molecule has 1 aliphatic rings. The average molecular weight is 660 g/mol. The van der Waals surface area contributed by atoms with Crippen molar-refractivity contribution in [3.8, 4) is 17.5 Å². The van der Waals surface area contributed by atoms with Gasteiger partial charge in [-0.05, 0) is 63.9 Å². The van der Waals surface area contributed by atoms with Gasteiger partial charge in [0.15, 0.2) is 5.69 Å². The smallest absolute Gasteiger partial charge is 0.255 e. The Hall–Kier alpha value is -2.57. The van der Waals surface area contributed by atoms with E-state index in [1.165, 1.54) is 18.4 Å². The van der Waals surface area contributed by atoms with Gasteiger partial charge in [0.2, 0.25) is 5.79 Å². The van der Waals surface area contributed by atoms with Crippen molar-refractivity contribution in [2.45, 2.75) is 102 Å². The lowest BCUT2D eigenvalue weighted by Gasteiger charge is -2.29. The Morgan fingerprint density at radius 1 is 1.18 bits per heavy atom. The number of benzene rings is 1. The zero-order chi connectivity index (χ0) is 32.7. The van der Waals surface area contributed by atoms with E-state index in [0.717, 1.165) is 25.3 Å². The normalized spacial score (nSPS) is 16.5. The molecule has 45 heavy (non-hydrogen) atoms. The lowest BCUT2D eigenvalue weighted by molar-refractivity contribution is -0.187. The third kappa shape index (κ3) is 9.48. The molecule has 2 aromatic heterocycles. The van der Waals surface area contributed by atoms with Crippen molar-refractivity contribution in [1.29, 1.82) is 5.26 Å². The van der Waals surface area contributed by atoms with Crippen LogP contribution in [0.5, 0.6) is 0 Å². The van der Waals surface area contributed by atoms with Crippen LogP contribution >= 0.6 is 0 Å². The molecule has 1 fully saturated rings. The Kier molecular flexibility index (Phi) is 12.0. The highest BCUT2D eigenvalue weighted by atomic mass is 32.2. The summed E-state index contributed by atoms with van der Waals surface area (Å²) in [7, 11) is -1.34. The van der Waals surface area contributed by atoms with Crippen LogP contribution in [-0.4, -0.2) is 51.7 Å². The molecule has 13 heteroatoms. The first-order chi connectivity index (χ1) is 21.3. The predicted molar refractivity (Wildman–Crippen MR) is 173 cm³/mol. The fourth-order valence-corrected chi connectivity index (χ4v) is 6.66. The first kappa shape index (κ1) is 35.3. The van der Waals surface area contributed by atoms with Crippen LogP contribution < -0.4 is 4.72 Å². The lowest BCUT2D eigenvalue weighted by atomic mass is 10.0. The maximum absolute atomic E-state index is 13.8. The molecule has 0 aliphatic carbocycles. The molecule has 4 rings (SSSR count). The number of nitrogens with one attached hydrogen (secondary N) is 1. The van der Waals surface area contributed by atoms with Gasteiger partial charge in [-0.15, -0.1) is 4.72 Å². The van der Waals surface area contributed by atoms with E-state index in [1.54, 1.807) is 18.3 Å². The van der Waals surface area contributed by atoms with Crippen LogP contribution in [0.2, 0.25) is 25.7 Å². The summed E-state index contributed by atoms with van der Waals surface area (Å²) in [5.41, 5.74) is 1.50. The topological polar surface area (TPSA) is 130 Å². The highest BCUT2D eigenvalue weighted by Crippen LogP contribution is 2.36. The van der Waals surface area contributed by atoms with Gasteiger partial charge in [-0.2, -0.15) is 5.26 Å². The Bertz CT molecular complexity index is 1390. The number of nitrogens with zero attached hydrogens (tertiary/aromatic N) is 4. The van der Waals surface area contributed by atoms with Crippen LogP contribution in [0.1, 0.15) is 76.2 Å². The summed E-state index contributed by atoms with van der Waals surface area (Å²) in [4.78, 5) is 8.97. The van der Waals surface area contributed by atoms with Gasteiger partial charge in [0.1, 0.15) is 35.5 Å². The molecule has 1 saturated heterocycles. The number of ether oxygens (including phenoxy) is 3. The fourth-order valence-electron chi connectivity index (χ4n) is 5.07. The first-order valence-electron chi connectivity index (χ1n) is 15.5. The van der Waals surface area contributed by atoms with Gasteiger partial charge in [0.05, 0.1) is 31.1 Å². The molecule has 1 N–H and O–H groups in total. The molecule has 246 valence electrons. The Balaban J connectivity index is 1.59. The van der Waals surface area contributed by atoms with Crippen molar-refractivity contribution in [2.24, 2.45) is 0 Å². The van der Waals surface area contributed by atoms with Crippen molar-refractivity contribution in [1.82, 2.24) is 19.3 Å². The van der Waals surface area contributed by atoms with Crippen LogP contribution in [0, 0.1) is 17.1 Å². The summed E-state index contributed by atoms with van der Waals surface area (Å²) in [6.45, 7) is 14.3. The highest BCUT2D eigenvalue weighted by Gasteiger charge is 2.42. The van der Waals surface area contributed by atoms with E-state index in [0.29, 0.717) is 55.6 Å². The second-order valence-corrected chi connectivity index (χ2v) is 21.1. The van der Waals surface area contributed by atoms with E-state index >= 15 is 0 Å². The lowest BCUT2D eigenvalue weighted by Crippen LogP contribution is -2.42. The van der Waals surface area contributed by atoms with Crippen molar-refractivity contribution in [3.05, 3.63) is 59.8 Å². The van der Waals surface area contributed by atoms with Gasteiger partial charge in [0, 0.05) is 38.0 Å². The van der Waals surface area contributed by atoms with Gasteiger partial charge in [-0.1, -0.05) is 32.5 Å². The van der Waals surface area contributed by atoms with Gasteiger partial charge >= 0.3 is 0 Å². The van der Waals surface area contributed by atoms with Gasteiger partial charge < -0.3 is 27.7 Å².